The van der Waals surface area contributed by atoms with Gasteiger partial charge >= 0.3 is 0 Å². The third-order valence-electron chi connectivity index (χ3n) is 3.56. The van der Waals surface area contributed by atoms with E-state index in [2.05, 4.69) is 12.1 Å². The van der Waals surface area contributed by atoms with Crippen LogP contribution < -0.4 is 5.73 Å². The molecule has 0 saturated heterocycles. The molecule has 0 fully saturated rings. The predicted molar refractivity (Wildman–Crippen MR) is 88.9 cm³/mol. The van der Waals surface area contributed by atoms with Gasteiger partial charge in [-0.15, -0.1) is 0 Å². The lowest BCUT2D eigenvalue weighted by Gasteiger charge is -2.23. The maximum Gasteiger partial charge on any atom is 0.256 e. The van der Waals surface area contributed by atoms with E-state index in [0.29, 0.717) is 24.3 Å². The smallest absolute Gasteiger partial charge is 0.256 e. The molecular weight excluding hydrogens is 276 g/mol. The number of nitrogen functional groups attached to an aromatic ring is 1. The molecular formula is C18H22N2O2. The lowest BCUT2D eigenvalue weighted by molar-refractivity contribution is 0.0758. The number of carbonyl (C=O) groups is 1. The molecule has 4 nitrogen and oxygen atoms in total. The van der Waals surface area contributed by atoms with Crippen molar-refractivity contribution in [3.8, 4) is 5.75 Å². The number of rotatable bonds is 6. The third kappa shape index (κ3) is 4.01. The lowest BCUT2D eigenvalue weighted by atomic mass is 10.1. The van der Waals surface area contributed by atoms with Crippen LogP contribution in [0.25, 0.3) is 0 Å². The van der Waals surface area contributed by atoms with Crippen molar-refractivity contribution in [2.24, 2.45) is 0 Å². The van der Waals surface area contributed by atoms with Crippen LogP contribution in [0.1, 0.15) is 29.3 Å². The Morgan fingerprint density at radius 2 is 1.86 bits per heavy atom. The summed E-state index contributed by atoms with van der Waals surface area (Å²) >= 11 is 0. The molecule has 0 bridgehead atoms. The summed E-state index contributed by atoms with van der Waals surface area (Å²) < 4.78 is 0. The molecule has 0 spiro atoms. The van der Waals surface area contributed by atoms with Crippen LogP contribution in [0.5, 0.6) is 5.75 Å². The molecule has 3 N–H and O–H groups in total. The number of anilines is 1. The topological polar surface area (TPSA) is 66.6 Å². The van der Waals surface area contributed by atoms with Crippen molar-refractivity contribution in [2.45, 2.75) is 19.8 Å². The summed E-state index contributed by atoms with van der Waals surface area (Å²) in [6, 6.07) is 14.6. The molecule has 2 rings (SSSR count). The van der Waals surface area contributed by atoms with E-state index >= 15 is 0 Å². The largest absolute Gasteiger partial charge is 0.508 e. The number of phenolic OH excluding ortho intramolecular Hbond substituents is 1. The number of nitrogens with two attached hydrogens (primary N) is 1. The first-order valence-corrected chi connectivity index (χ1v) is 7.53. The molecule has 0 aromatic heterocycles. The first-order valence-electron chi connectivity index (χ1n) is 7.53. The number of carbonyl (C=O) groups excluding carboxylic acids is 1. The van der Waals surface area contributed by atoms with E-state index in [0.717, 1.165) is 12.8 Å². The molecule has 116 valence electrons. The fourth-order valence-corrected chi connectivity index (χ4v) is 2.39. The van der Waals surface area contributed by atoms with Crippen LogP contribution >= 0.6 is 0 Å². The van der Waals surface area contributed by atoms with Crippen molar-refractivity contribution in [3.05, 3.63) is 59.7 Å². The fourth-order valence-electron chi connectivity index (χ4n) is 2.39. The molecule has 2 aromatic carbocycles. The average molecular weight is 298 g/mol. The summed E-state index contributed by atoms with van der Waals surface area (Å²) in [4.78, 5) is 14.5. The van der Waals surface area contributed by atoms with Gasteiger partial charge in [0.25, 0.3) is 5.91 Å². The molecule has 4 heteroatoms. The summed E-state index contributed by atoms with van der Waals surface area (Å²) in [5, 5.41) is 9.58. The number of phenols is 1. The first kappa shape index (κ1) is 15.9. The minimum Gasteiger partial charge on any atom is -0.508 e. The minimum absolute atomic E-state index is 0.0528. The van der Waals surface area contributed by atoms with Crippen LogP contribution in [0.2, 0.25) is 0 Å². The van der Waals surface area contributed by atoms with E-state index < -0.39 is 0 Å². The summed E-state index contributed by atoms with van der Waals surface area (Å²) in [6.45, 7) is 3.33. The molecule has 0 saturated carbocycles. The van der Waals surface area contributed by atoms with E-state index in [-0.39, 0.29) is 11.7 Å². The highest BCUT2D eigenvalue weighted by Gasteiger charge is 2.18. The van der Waals surface area contributed by atoms with E-state index in [1.807, 2.05) is 25.1 Å². The van der Waals surface area contributed by atoms with Gasteiger partial charge in [-0.1, -0.05) is 37.3 Å². The number of amides is 1. The van der Waals surface area contributed by atoms with Crippen LogP contribution in [0.3, 0.4) is 0 Å². The molecule has 2 aromatic rings. The van der Waals surface area contributed by atoms with E-state index in [1.54, 1.807) is 11.0 Å². The molecule has 1 amide bonds. The van der Waals surface area contributed by atoms with Crippen molar-refractivity contribution in [1.82, 2.24) is 4.90 Å². The molecule has 22 heavy (non-hydrogen) atoms. The van der Waals surface area contributed by atoms with E-state index in [9.17, 15) is 9.90 Å². The fraction of sp³-hybridized carbons (Fsp3) is 0.278. The molecule has 0 atom stereocenters. The van der Waals surface area contributed by atoms with Gasteiger partial charge in [0.1, 0.15) is 5.75 Å². The molecule has 0 aliphatic carbocycles. The maximum absolute atomic E-state index is 12.7. The zero-order chi connectivity index (χ0) is 15.9. The van der Waals surface area contributed by atoms with Crippen LogP contribution in [0, 0.1) is 0 Å². The number of hydrogen-bond donors (Lipinski definition) is 2. The first-order chi connectivity index (χ1) is 10.6. The zero-order valence-electron chi connectivity index (χ0n) is 12.8. The molecule has 0 aliphatic rings. The molecule has 0 heterocycles. The normalized spacial score (nSPS) is 10.4. The second kappa shape index (κ2) is 7.50. The van der Waals surface area contributed by atoms with Gasteiger partial charge in [-0.25, -0.2) is 0 Å². The van der Waals surface area contributed by atoms with Gasteiger partial charge in [-0.05, 0) is 36.6 Å². The Morgan fingerprint density at radius 3 is 2.55 bits per heavy atom. The Bertz CT molecular complexity index is 626. The highest BCUT2D eigenvalue weighted by atomic mass is 16.3. The Labute approximate surface area is 131 Å². The number of benzene rings is 2. The van der Waals surface area contributed by atoms with Gasteiger partial charge in [-0.3, -0.25) is 4.79 Å². The van der Waals surface area contributed by atoms with Crippen molar-refractivity contribution in [1.29, 1.82) is 0 Å². The predicted octanol–water partition coefficient (Wildman–Crippen LogP) is 3.07. The second-order valence-corrected chi connectivity index (χ2v) is 5.30. The highest BCUT2D eigenvalue weighted by molar-refractivity contribution is 5.99. The summed E-state index contributed by atoms with van der Waals surface area (Å²) in [5.41, 5.74) is 7.82. The Hall–Kier alpha value is -2.49. The Morgan fingerprint density at radius 1 is 1.14 bits per heavy atom. The lowest BCUT2D eigenvalue weighted by Crippen LogP contribution is -2.34. The standard InChI is InChI=1S/C18H22N2O2/c1-2-11-20(12-10-14-6-4-3-5-7-14)18(22)16-13-15(21)8-9-17(16)19/h3-9,13,21H,2,10-12,19H2,1H3. The van der Waals surface area contributed by atoms with Crippen LogP contribution in [0.15, 0.2) is 48.5 Å². The van der Waals surface area contributed by atoms with E-state index in [4.69, 9.17) is 5.73 Å². The van der Waals surface area contributed by atoms with Crippen molar-refractivity contribution in [2.75, 3.05) is 18.8 Å². The molecule has 0 radical (unpaired) electrons. The molecule has 0 unspecified atom stereocenters. The second-order valence-electron chi connectivity index (χ2n) is 5.30. The molecule has 0 aliphatic heterocycles. The summed E-state index contributed by atoms with van der Waals surface area (Å²) in [7, 11) is 0. The summed E-state index contributed by atoms with van der Waals surface area (Å²) in [5.74, 6) is -0.0803. The van der Waals surface area contributed by atoms with Crippen molar-refractivity contribution >= 4 is 11.6 Å². The van der Waals surface area contributed by atoms with Gasteiger partial charge in [-0.2, -0.15) is 0 Å². The van der Waals surface area contributed by atoms with Gasteiger partial charge < -0.3 is 15.7 Å². The number of nitrogens with zero attached hydrogens (tertiary/aromatic N) is 1. The van der Waals surface area contributed by atoms with Gasteiger partial charge in [0.2, 0.25) is 0 Å². The van der Waals surface area contributed by atoms with Gasteiger partial charge in [0, 0.05) is 18.8 Å². The minimum atomic E-state index is -0.133. The van der Waals surface area contributed by atoms with E-state index in [1.165, 1.54) is 17.7 Å². The SMILES string of the molecule is CCCN(CCc1ccccc1)C(=O)c1cc(O)ccc1N. The van der Waals surface area contributed by atoms with Gasteiger partial charge in [0.15, 0.2) is 0 Å². The quantitative estimate of drug-likeness (QED) is 0.636. The van der Waals surface area contributed by atoms with Crippen LogP contribution in [0.4, 0.5) is 5.69 Å². The van der Waals surface area contributed by atoms with Crippen molar-refractivity contribution < 1.29 is 9.90 Å². The maximum atomic E-state index is 12.7. The van der Waals surface area contributed by atoms with Crippen LogP contribution in [-0.2, 0) is 6.42 Å². The van der Waals surface area contributed by atoms with Crippen molar-refractivity contribution in [3.63, 3.8) is 0 Å². The number of aromatic hydroxyl groups is 1. The van der Waals surface area contributed by atoms with Crippen LogP contribution in [-0.4, -0.2) is 29.0 Å². The monoisotopic (exact) mass is 298 g/mol. The highest BCUT2D eigenvalue weighted by Crippen LogP contribution is 2.20. The Kier molecular flexibility index (Phi) is 5.42. The summed E-state index contributed by atoms with van der Waals surface area (Å²) in [6.07, 6.45) is 1.67. The zero-order valence-corrected chi connectivity index (χ0v) is 12.8. The Balaban J connectivity index is 2.12. The third-order valence-corrected chi connectivity index (χ3v) is 3.56. The average Bonchev–Trinajstić information content (AvgIpc) is 2.54. The van der Waals surface area contributed by atoms with Gasteiger partial charge in [0.05, 0.1) is 5.56 Å². The number of hydrogen-bond acceptors (Lipinski definition) is 3.